The molecule has 9 nitrogen and oxygen atoms in total. The third kappa shape index (κ3) is 5.36. The number of nitrogens with zero attached hydrogens (tertiary/aromatic N) is 4. The van der Waals surface area contributed by atoms with E-state index in [1.54, 1.807) is 0 Å². The van der Waals surface area contributed by atoms with Gasteiger partial charge in [-0.25, -0.2) is 0 Å². The standard InChI is InChI=1S/C36H42N4O5.Mg/c1-9-20-16(3)23-13-25-18(5)22(11-12-29(41)44-7)33(39-25)31-32(36(43)45-8)35(42)30-19(6)26(40-34(30)31)15-28-21(10-2)17(4)24(38-28)14-27(20)37-23;/h13-15,18,20,22,32-33,35,42H,9-12H2,1-8H3;/q-4;+2/b25-13-,26-15-,27-14-;/t18-,20+,22-,32+,33?,35-;/m0./s1. The quantitative estimate of drug-likeness (QED) is 0.374. The third-order valence-corrected chi connectivity index (χ3v) is 10.5. The summed E-state index contributed by atoms with van der Waals surface area (Å²) in [5.41, 5.74) is 10.0. The Balaban J connectivity index is 0.00000417. The van der Waals surface area contributed by atoms with Gasteiger partial charge in [0, 0.05) is 6.42 Å². The van der Waals surface area contributed by atoms with Gasteiger partial charge in [-0.2, -0.15) is 11.4 Å². The minimum atomic E-state index is -1.13. The summed E-state index contributed by atoms with van der Waals surface area (Å²) in [4.78, 5) is 35.8. The monoisotopic (exact) mass is 634 g/mol. The number of esters is 2. The van der Waals surface area contributed by atoms with Gasteiger partial charge in [0.1, 0.15) is 5.92 Å². The molecule has 4 aliphatic rings. The zero-order valence-corrected chi connectivity index (χ0v) is 29.5. The van der Waals surface area contributed by atoms with Crippen molar-refractivity contribution in [2.45, 2.75) is 79.4 Å². The summed E-state index contributed by atoms with van der Waals surface area (Å²) in [6.45, 7) is 12.6. The number of fused-ring (bicyclic) bond motifs is 8. The van der Waals surface area contributed by atoms with Gasteiger partial charge in [0.2, 0.25) is 0 Å². The van der Waals surface area contributed by atoms with Crippen molar-refractivity contribution in [3.63, 3.8) is 0 Å². The Bertz CT molecular complexity index is 1790. The molecule has 10 heteroatoms. The van der Waals surface area contributed by atoms with E-state index in [1.165, 1.54) is 19.8 Å². The van der Waals surface area contributed by atoms with Gasteiger partial charge in [-0.1, -0.05) is 72.9 Å². The molecule has 1 aliphatic carbocycles. The molecule has 1 N–H and O–H groups in total. The van der Waals surface area contributed by atoms with Crippen molar-refractivity contribution in [3.8, 4) is 0 Å². The molecule has 8 bridgehead atoms. The van der Waals surface area contributed by atoms with Crippen LogP contribution in [0.25, 0.3) is 28.4 Å². The summed E-state index contributed by atoms with van der Waals surface area (Å²) < 4.78 is 10.2. The molecular formula is C36H42MgN4O5-2. The van der Waals surface area contributed by atoms with Gasteiger partial charge in [-0.05, 0) is 63.4 Å². The topological polar surface area (TPSA) is 129 Å². The molecule has 0 amide bonds. The maximum atomic E-state index is 13.3. The number of hydrogen-bond acceptors (Lipinski definition) is 5. The smallest absolute Gasteiger partial charge is 0.681 e. The first-order valence-corrected chi connectivity index (χ1v) is 16.0. The molecule has 240 valence electrons. The van der Waals surface area contributed by atoms with E-state index >= 15 is 0 Å². The molecule has 0 spiro atoms. The minimum Gasteiger partial charge on any atom is -0.681 e. The van der Waals surface area contributed by atoms with E-state index < -0.39 is 24.0 Å². The number of methoxy groups -OCH3 is 2. The van der Waals surface area contributed by atoms with Crippen molar-refractivity contribution >= 4 is 52.7 Å². The van der Waals surface area contributed by atoms with Crippen LogP contribution in [0.15, 0.2) is 28.7 Å². The molecule has 0 saturated carbocycles. The van der Waals surface area contributed by atoms with E-state index in [1.807, 2.05) is 13.0 Å². The first-order chi connectivity index (χ1) is 21.5. The van der Waals surface area contributed by atoms with E-state index in [4.69, 9.17) is 30.1 Å². The second-order valence-corrected chi connectivity index (χ2v) is 12.7. The molecule has 1 unspecified atom stereocenters. The molecule has 6 rings (SSSR count). The average molecular weight is 635 g/mol. The van der Waals surface area contributed by atoms with Crippen molar-refractivity contribution in [1.29, 1.82) is 0 Å². The van der Waals surface area contributed by atoms with Gasteiger partial charge in [-0.3, -0.25) is 9.59 Å². The minimum absolute atomic E-state index is 0. The van der Waals surface area contributed by atoms with Crippen LogP contribution in [0, 0.1) is 37.5 Å². The van der Waals surface area contributed by atoms with Crippen LogP contribution in [0.5, 0.6) is 0 Å². The molecule has 1 saturated heterocycles. The first-order valence-electron chi connectivity index (χ1n) is 16.0. The Morgan fingerprint density at radius 2 is 1.70 bits per heavy atom. The van der Waals surface area contributed by atoms with Crippen LogP contribution in [0.1, 0.15) is 86.7 Å². The maximum absolute atomic E-state index is 13.3. The number of rotatable bonds is 6. The van der Waals surface area contributed by atoms with Crippen LogP contribution < -0.4 is 20.7 Å². The van der Waals surface area contributed by atoms with E-state index in [9.17, 15) is 14.7 Å². The third-order valence-electron chi connectivity index (χ3n) is 10.5. The second-order valence-electron chi connectivity index (χ2n) is 12.7. The SMILES string of the molecule is CCc1c2[n-]c(c1C)/C=C1\[N-]C(=C(C)[C@H]1CC)/C=C1\[N-]C(C3=c4[n-]/c(c(C)c4[C@H](O)[C@@H]3C(=O)OC)=C\2)[C@@H](CCC(=O)OC)[C@@H]1C.[Mg+2]. The summed E-state index contributed by atoms with van der Waals surface area (Å²) >= 11 is 0. The van der Waals surface area contributed by atoms with E-state index in [0.717, 1.165) is 58.0 Å². The Morgan fingerprint density at radius 3 is 2.35 bits per heavy atom. The van der Waals surface area contributed by atoms with E-state index in [2.05, 4.69) is 46.8 Å². The van der Waals surface area contributed by atoms with Crippen LogP contribution in [0.4, 0.5) is 0 Å². The summed E-state index contributed by atoms with van der Waals surface area (Å²) in [5, 5.41) is 23.4. The van der Waals surface area contributed by atoms with Gasteiger partial charge in [0.05, 0.1) is 20.3 Å². The molecule has 3 aliphatic heterocycles. The van der Waals surface area contributed by atoms with E-state index in [0.29, 0.717) is 28.3 Å². The molecule has 0 aromatic carbocycles. The molecule has 6 atom stereocenters. The zero-order chi connectivity index (χ0) is 32.3. The number of allylic oxidation sites excluding steroid dienone is 3. The number of hydrogen-bond donors (Lipinski definition) is 1. The Labute approximate surface area is 286 Å². The van der Waals surface area contributed by atoms with Crippen molar-refractivity contribution in [1.82, 2.24) is 9.97 Å². The number of aliphatic hydroxyl groups excluding tert-OH is 1. The second kappa shape index (κ2) is 13.1. The van der Waals surface area contributed by atoms with Crippen LogP contribution in [-0.2, 0) is 25.5 Å². The molecule has 2 aromatic heterocycles. The number of carbonyl (C=O) groups is 2. The van der Waals surface area contributed by atoms with Gasteiger partial charge in [0.25, 0.3) is 0 Å². The summed E-state index contributed by atoms with van der Waals surface area (Å²) in [7, 11) is 2.72. The van der Waals surface area contributed by atoms with Gasteiger partial charge in [0.15, 0.2) is 0 Å². The van der Waals surface area contributed by atoms with E-state index in [-0.39, 0.29) is 53.2 Å². The molecule has 2 aromatic rings. The van der Waals surface area contributed by atoms with Gasteiger partial charge in [-0.15, -0.1) is 27.8 Å². The molecular weight excluding hydrogens is 593 g/mol. The van der Waals surface area contributed by atoms with Gasteiger partial charge >= 0.3 is 35.0 Å². The predicted molar refractivity (Wildman–Crippen MR) is 178 cm³/mol. The Morgan fingerprint density at radius 1 is 0.957 bits per heavy atom. The fraction of sp³-hybridized carbons (Fsp3) is 0.500. The fourth-order valence-corrected chi connectivity index (χ4v) is 7.87. The normalized spacial score (nSPS) is 29.1. The van der Waals surface area contributed by atoms with Crippen molar-refractivity contribution < 1.29 is 24.2 Å². The molecule has 46 heavy (non-hydrogen) atoms. The zero-order valence-electron chi connectivity index (χ0n) is 28.1. The number of carbonyl (C=O) groups excluding carboxylic acids is 2. The molecule has 1 fully saturated rings. The summed E-state index contributed by atoms with van der Waals surface area (Å²) in [6.07, 6.45) is 7.48. The van der Waals surface area contributed by atoms with Gasteiger partial charge < -0.3 is 35.2 Å². The van der Waals surface area contributed by atoms with Crippen molar-refractivity contribution in [2.75, 3.05) is 14.2 Å². The van der Waals surface area contributed by atoms with Crippen LogP contribution >= 0.6 is 0 Å². The van der Waals surface area contributed by atoms with Crippen molar-refractivity contribution in [2.24, 2.45) is 23.7 Å². The van der Waals surface area contributed by atoms with Crippen LogP contribution in [0.2, 0.25) is 0 Å². The Hall–Kier alpha value is -3.21. The summed E-state index contributed by atoms with van der Waals surface area (Å²) in [5.74, 6) is -1.81. The number of aliphatic hydroxyl groups is 1. The number of ether oxygens (including phenoxy) is 2. The van der Waals surface area contributed by atoms with Crippen molar-refractivity contribution in [3.05, 3.63) is 83.7 Å². The fourth-order valence-electron chi connectivity index (χ4n) is 7.87. The first kappa shape index (κ1) is 34.1. The largest absolute Gasteiger partial charge is 2.00 e. The number of aromatic nitrogens is 2. The average Bonchev–Trinajstić information content (AvgIpc) is 3.76. The maximum Gasteiger partial charge on any atom is 2.00 e. The van der Waals surface area contributed by atoms with Crippen LogP contribution in [0.3, 0.4) is 0 Å². The van der Waals surface area contributed by atoms with Crippen LogP contribution in [-0.4, -0.2) is 60.4 Å². The summed E-state index contributed by atoms with van der Waals surface area (Å²) in [6, 6.07) is -0.498. The predicted octanol–water partition coefficient (Wildman–Crippen LogP) is 4.10. The molecule has 5 heterocycles. The molecule has 0 radical (unpaired) electrons. The Kier molecular flexibility index (Phi) is 9.74.